The number of carbonyl (C=O) groups is 1. The third-order valence-electron chi connectivity index (χ3n) is 1.99. The van der Waals surface area contributed by atoms with Crippen LogP contribution in [0.25, 0.3) is 0 Å². The van der Waals surface area contributed by atoms with Crippen molar-refractivity contribution >= 4 is 5.97 Å². The molecule has 0 aromatic heterocycles. The summed E-state index contributed by atoms with van der Waals surface area (Å²) in [6.07, 6.45) is 8.64. The van der Waals surface area contributed by atoms with Gasteiger partial charge in [-0.2, -0.15) is 0 Å². The molecule has 0 unspecified atom stereocenters. The third kappa shape index (κ3) is 14.3. The Bertz CT molecular complexity index is 111. The van der Waals surface area contributed by atoms with Crippen molar-refractivity contribution in [2.45, 2.75) is 65.7 Å². The van der Waals surface area contributed by atoms with E-state index in [2.05, 4.69) is 6.92 Å². The van der Waals surface area contributed by atoms with E-state index in [4.69, 9.17) is 5.11 Å². The van der Waals surface area contributed by atoms with Gasteiger partial charge in [0.25, 0.3) is 0 Å². The molecular weight excluding hydrogens is 164 g/mol. The lowest BCUT2D eigenvalue weighted by Gasteiger charge is -1.98. The molecule has 0 rings (SSSR count). The van der Waals surface area contributed by atoms with Crippen LogP contribution in [0.4, 0.5) is 0 Å². The Morgan fingerprint density at radius 3 is 1.92 bits per heavy atom. The summed E-state index contributed by atoms with van der Waals surface area (Å²) in [5, 5.41) is 8.35. The fraction of sp³-hybridized carbons (Fsp3) is 0.909. The quantitative estimate of drug-likeness (QED) is 0.587. The summed E-state index contributed by atoms with van der Waals surface area (Å²) in [4.78, 5) is 10.1. The second-order valence-corrected chi connectivity index (χ2v) is 3.27. The van der Waals surface area contributed by atoms with E-state index in [1.807, 2.05) is 0 Å². The lowest BCUT2D eigenvalue weighted by Crippen LogP contribution is -1.93. The maximum Gasteiger partial charge on any atom is 0.303 e. The molecule has 2 nitrogen and oxygen atoms in total. The smallest absolute Gasteiger partial charge is 0.303 e. The van der Waals surface area contributed by atoms with Gasteiger partial charge in [0, 0.05) is 6.42 Å². The van der Waals surface area contributed by atoms with Gasteiger partial charge < -0.3 is 5.11 Å². The van der Waals surface area contributed by atoms with Crippen LogP contribution < -0.4 is 0 Å². The highest BCUT2D eigenvalue weighted by atomic mass is 16.4. The number of aliphatic carboxylic acids is 1. The van der Waals surface area contributed by atoms with Gasteiger partial charge in [0.15, 0.2) is 0 Å². The summed E-state index contributed by atoms with van der Waals surface area (Å²) in [6.45, 7) is 2.20. The molecule has 0 fully saturated rings. The second kappa shape index (κ2) is 11.5. The van der Waals surface area contributed by atoms with Crippen LogP contribution in [-0.4, -0.2) is 11.1 Å². The first kappa shape index (κ1) is 15.0. The van der Waals surface area contributed by atoms with Crippen LogP contribution in [0, 0.1) is 0 Å². The standard InChI is InChI=1S/C10H20O2.CH4/c1-2-3-4-5-6-7-8-9-10(11)12;/h2-9H2,1H3,(H,11,12);1H4. The van der Waals surface area contributed by atoms with E-state index in [9.17, 15) is 4.79 Å². The zero-order valence-corrected chi connectivity index (χ0v) is 8.01. The van der Waals surface area contributed by atoms with Crippen LogP contribution >= 0.6 is 0 Å². The van der Waals surface area contributed by atoms with E-state index in [1.54, 1.807) is 0 Å². The normalized spacial score (nSPS) is 9.31. The lowest BCUT2D eigenvalue weighted by molar-refractivity contribution is -0.137. The van der Waals surface area contributed by atoms with Gasteiger partial charge in [-0.05, 0) is 6.42 Å². The summed E-state index contributed by atoms with van der Waals surface area (Å²) in [5.74, 6) is -0.663. The Morgan fingerprint density at radius 1 is 1.00 bits per heavy atom. The van der Waals surface area contributed by atoms with E-state index >= 15 is 0 Å². The Labute approximate surface area is 82.4 Å². The minimum absolute atomic E-state index is 0. The maximum atomic E-state index is 10.1. The molecule has 0 aromatic carbocycles. The first-order chi connectivity index (χ1) is 5.77. The Hall–Kier alpha value is -0.530. The van der Waals surface area contributed by atoms with Gasteiger partial charge in [0.2, 0.25) is 0 Å². The summed E-state index contributed by atoms with van der Waals surface area (Å²) in [6, 6.07) is 0. The average molecular weight is 188 g/mol. The van der Waals surface area contributed by atoms with E-state index in [0.29, 0.717) is 6.42 Å². The summed E-state index contributed by atoms with van der Waals surface area (Å²) in [5.41, 5.74) is 0. The molecule has 0 heterocycles. The number of carboxylic acid groups (broad SMARTS) is 1. The predicted molar refractivity (Wildman–Crippen MR) is 57.0 cm³/mol. The molecule has 0 saturated heterocycles. The highest BCUT2D eigenvalue weighted by Crippen LogP contribution is 2.07. The van der Waals surface area contributed by atoms with Gasteiger partial charge >= 0.3 is 5.97 Å². The summed E-state index contributed by atoms with van der Waals surface area (Å²) in [7, 11) is 0. The number of hydrogen-bond acceptors (Lipinski definition) is 1. The van der Waals surface area contributed by atoms with E-state index in [-0.39, 0.29) is 7.43 Å². The van der Waals surface area contributed by atoms with Crippen molar-refractivity contribution in [2.75, 3.05) is 0 Å². The van der Waals surface area contributed by atoms with E-state index < -0.39 is 5.97 Å². The van der Waals surface area contributed by atoms with Crippen molar-refractivity contribution in [3.63, 3.8) is 0 Å². The lowest BCUT2D eigenvalue weighted by atomic mass is 10.1. The molecule has 13 heavy (non-hydrogen) atoms. The van der Waals surface area contributed by atoms with Gasteiger partial charge in [0.1, 0.15) is 0 Å². The van der Waals surface area contributed by atoms with Crippen LogP contribution in [0.2, 0.25) is 0 Å². The molecule has 0 bridgehead atoms. The molecule has 0 radical (unpaired) electrons. The highest BCUT2D eigenvalue weighted by molar-refractivity contribution is 5.66. The Balaban J connectivity index is 0. The van der Waals surface area contributed by atoms with E-state index in [1.165, 1.54) is 32.1 Å². The van der Waals surface area contributed by atoms with Crippen molar-refractivity contribution in [3.05, 3.63) is 0 Å². The van der Waals surface area contributed by atoms with Gasteiger partial charge in [0.05, 0.1) is 0 Å². The highest BCUT2D eigenvalue weighted by Gasteiger charge is 1.95. The van der Waals surface area contributed by atoms with Crippen molar-refractivity contribution < 1.29 is 9.90 Å². The molecule has 80 valence electrons. The number of unbranched alkanes of at least 4 members (excludes halogenated alkanes) is 6. The minimum atomic E-state index is -0.663. The molecule has 0 amide bonds. The third-order valence-corrected chi connectivity index (χ3v) is 1.99. The molecule has 1 N–H and O–H groups in total. The van der Waals surface area contributed by atoms with Crippen molar-refractivity contribution in [1.82, 2.24) is 0 Å². The SMILES string of the molecule is C.CCCCCCCCCC(=O)O. The molecule has 0 aliphatic rings. The van der Waals surface area contributed by atoms with Gasteiger partial charge in [-0.15, -0.1) is 0 Å². The van der Waals surface area contributed by atoms with Crippen molar-refractivity contribution in [3.8, 4) is 0 Å². The molecule has 2 heteroatoms. The minimum Gasteiger partial charge on any atom is -0.481 e. The molecule has 0 spiro atoms. The van der Waals surface area contributed by atoms with Gasteiger partial charge in [-0.3, -0.25) is 4.79 Å². The molecular formula is C11H24O2. The fourth-order valence-corrected chi connectivity index (χ4v) is 1.23. The van der Waals surface area contributed by atoms with Crippen LogP contribution in [-0.2, 0) is 4.79 Å². The molecule has 0 aromatic rings. The number of hydrogen-bond donors (Lipinski definition) is 1. The van der Waals surface area contributed by atoms with Crippen LogP contribution in [0.15, 0.2) is 0 Å². The zero-order valence-electron chi connectivity index (χ0n) is 8.01. The first-order valence-electron chi connectivity index (χ1n) is 4.99. The molecule has 0 aliphatic heterocycles. The van der Waals surface area contributed by atoms with Crippen molar-refractivity contribution in [1.29, 1.82) is 0 Å². The van der Waals surface area contributed by atoms with Gasteiger partial charge in [-0.25, -0.2) is 0 Å². The molecule has 0 saturated carbocycles. The average Bonchev–Trinajstić information content (AvgIpc) is 2.02. The van der Waals surface area contributed by atoms with Crippen molar-refractivity contribution in [2.24, 2.45) is 0 Å². The Morgan fingerprint density at radius 2 is 1.46 bits per heavy atom. The summed E-state index contributed by atoms with van der Waals surface area (Å²) < 4.78 is 0. The number of rotatable bonds is 8. The maximum absolute atomic E-state index is 10.1. The largest absolute Gasteiger partial charge is 0.481 e. The first-order valence-corrected chi connectivity index (χ1v) is 4.99. The Kier molecular flexibility index (Phi) is 13.2. The van der Waals surface area contributed by atoms with Crippen LogP contribution in [0.5, 0.6) is 0 Å². The molecule has 0 atom stereocenters. The second-order valence-electron chi connectivity index (χ2n) is 3.27. The monoisotopic (exact) mass is 188 g/mol. The van der Waals surface area contributed by atoms with E-state index in [0.717, 1.165) is 12.8 Å². The summed E-state index contributed by atoms with van der Waals surface area (Å²) >= 11 is 0. The topological polar surface area (TPSA) is 37.3 Å². The van der Waals surface area contributed by atoms with Crippen LogP contribution in [0.3, 0.4) is 0 Å². The number of carboxylic acids is 1. The predicted octanol–water partition coefficient (Wildman–Crippen LogP) is 3.85. The molecule has 0 aliphatic carbocycles. The fourth-order valence-electron chi connectivity index (χ4n) is 1.23. The zero-order chi connectivity index (χ0) is 9.23. The van der Waals surface area contributed by atoms with Crippen LogP contribution in [0.1, 0.15) is 65.7 Å². The van der Waals surface area contributed by atoms with Gasteiger partial charge in [-0.1, -0.05) is 52.9 Å².